The quantitative estimate of drug-likeness (QED) is 0.711. The molecule has 5 nitrogen and oxygen atoms in total. The number of nitrogens with one attached hydrogen (secondary N) is 1. The minimum absolute atomic E-state index is 0.116. The van der Waals surface area contributed by atoms with Crippen molar-refractivity contribution in [3.63, 3.8) is 0 Å². The molecular weight excluding hydrogens is 262 g/mol. The third-order valence-electron chi connectivity index (χ3n) is 2.83. The van der Waals surface area contributed by atoms with Gasteiger partial charge in [-0.3, -0.25) is 4.98 Å². The summed E-state index contributed by atoms with van der Waals surface area (Å²) in [4.78, 5) is 4.17. The van der Waals surface area contributed by atoms with Crippen LogP contribution in [0.1, 0.15) is 38.8 Å². The average molecular weight is 285 g/mol. The van der Waals surface area contributed by atoms with Gasteiger partial charge in [-0.25, -0.2) is 13.1 Å². The molecule has 1 heterocycles. The highest BCUT2D eigenvalue weighted by Crippen LogP contribution is 2.12. The summed E-state index contributed by atoms with van der Waals surface area (Å²) in [5, 5.41) is 0. The van der Waals surface area contributed by atoms with Crippen LogP contribution in [0.5, 0.6) is 0 Å². The number of sulfonamides is 1. The Labute approximate surface area is 115 Å². The molecule has 0 bridgehead atoms. The van der Waals surface area contributed by atoms with Gasteiger partial charge >= 0.3 is 0 Å². The molecule has 0 amide bonds. The fraction of sp³-hybridized carbons (Fsp3) is 0.615. The molecule has 0 aliphatic rings. The number of hydrogen-bond donors (Lipinski definition) is 2. The Hall–Kier alpha value is -0.980. The zero-order valence-electron chi connectivity index (χ0n) is 11.6. The number of unbranched alkanes of at least 4 members (excludes halogenated alkanes) is 1. The van der Waals surface area contributed by atoms with Crippen molar-refractivity contribution in [2.75, 3.05) is 6.54 Å². The molecule has 1 rings (SSSR count). The molecule has 3 N–H and O–H groups in total. The predicted molar refractivity (Wildman–Crippen MR) is 76.0 cm³/mol. The molecule has 0 aliphatic heterocycles. The monoisotopic (exact) mass is 285 g/mol. The number of nitrogens with two attached hydrogens (primary N) is 1. The third kappa shape index (κ3) is 5.26. The van der Waals surface area contributed by atoms with E-state index in [4.69, 9.17) is 5.73 Å². The van der Waals surface area contributed by atoms with Gasteiger partial charge in [0.15, 0.2) is 0 Å². The average Bonchev–Trinajstić information content (AvgIpc) is 2.37. The van der Waals surface area contributed by atoms with Gasteiger partial charge in [-0.05, 0) is 24.5 Å². The minimum Gasteiger partial charge on any atom is -0.325 e. The predicted octanol–water partition coefficient (Wildman–Crippen LogP) is 1.64. The van der Waals surface area contributed by atoms with Crippen molar-refractivity contribution in [1.82, 2.24) is 9.71 Å². The van der Waals surface area contributed by atoms with Gasteiger partial charge in [-0.2, -0.15) is 0 Å². The lowest BCUT2D eigenvalue weighted by Gasteiger charge is -2.10. The maximum atomic E-state index is 12.1. The fourth-order valence-electron chi connectivity index (χ4n) is 1.78. The van der Waals surface area contributed by atoms with Crippen LogP contribution in [0.15, 0.2) is 23.2 Å². The molecule has 0 fully saturated rings. The SMILES string of the molecule is CC(C)CCCCNS(=O)(=O)c1cccnc1CN. The Morgan fingerprint density at radius 3 is 2.74 bits per heavy atom. The summed E-state index contributed by atoms with van der Waals surface area (Å²) in [6.45, 7) is 4.89. The molecule has 0 spiro atoms. The van der Waals surface area contributed by atoms with Gasteiger partial charge < -0.3 is 5.73 Å². The lowest BCUT2D eigenvalue weighted by Crippen LogP contribution is -2.26. The fourth-order valence-corrected chi connectivity index (χ4v) is 3.06. The number of rotatable bonds is 8. The van der Waals surface area contributed by atoms with Crippen molar-refractivity contribution < 1.29 is 8.42 Å². The first-order chi connectivity index (χ1) is 8.97. The number of aromatic nitrogens is 1. The molecule has 0 aromatic carbocycles. The number of pyridine rings is 1. The molecule has 0 saturated heterocycles. The normalized spacial score (nSPS) is 12.0. The van der Waals surface area contributed by atoms with Crippen LogP contribution in [0.2, 0.25) is 0 Å². The van der Waals surface area contributed by atoms with Crippen molar-refractivity contribution >= 4 is 10.0 Å². The van der Waals surface area contributed by atoms with Gasteiger partial charge in [0, 0.05) is 19.3 Å². The Balaban J connectivity index is 2.56. The van der Waals surface area contributed by atoms with Crippen LogP contribution in [0.25, 0.3) is 0 Å². The van der Waals surface area contributed by atoms with Crippen molar-refractivity contribution in [1.29, 1.82) is 0 Å². The summed E-state index contributed by atoms with van der Waals surface area (Å²) < 4.78 is 26.8. The van der Waals surface area contributed by atoms with E-state index in [-0.39, 0.29) is 11.4 Å². The minimum atomic E-state index is -3.50. The molecule has 108 valence electrons. The van der Waals surface area contributed by atoms with E-state index in [1.165, 1.54) is 6.07 Å². The lowest BCUT2D eigenvalue weighted by atomic mass is 10.1. The Morgan fingerprint density at radius 2 is 2.11 bits per heavy atom. The van der Waals surface area contributed by atoms with Crippen LogP contribution in [0.4, 0.5) is 0 Å². The Morgan fingerprint density at radius 1 is 1.37 bits per heavy atom. The first kappa shape index (κ1) is 16.1. The molecule has 6 heteroatoms. The van der Waals surface area contributed by atoms with Crippen LogP contribution >= 0.6 is 0 Å². The Bertz CT molecular complexity index is 486. The molecule has 0 aliphatic carbocycles. The van der Waals surface area contributed by atoms with Gasteiger partial charge in [-0.15, -0.1) is 0 Å². The maximum Gasteiger partial charge on any atom is 0.242 e. The summed E-state index contributed by atoms with van der Waals surface area (Å²) in [5.74, 6) is 0.652. The second-order valence-electron chi connectivity index (χ2n) is 4.94. The Kier molecular flexibility index (Phi) is 6.41. The molecule has 0 unspecified atom stereocenters. The van der Waals surface area contributed by atoms with Crippen LogP contribution in [0.3, 0.4) is 0 Å². The first-order valence-corrected chi connectivity index (χ1v) is 8.09. The van der Waals surface area contributed by atoms with Gasteiger partial charge in [0.2, 0.25) is 10.0 Å². The lowest BCUT2D eigenvalue weighted by molar-refractivity contribution is 0.530. The van der Waals surface area contributed by atoms with E-state index in [2.05, 4.69) is 23.6 Å². The van der Waals surface area contributed by atoms with Crippen molar-refractivity contribution in [2.45, 2.75) is 44.6 Å². The first-order valence-electron chi connectivity index (χ1n) is 6.61. The van der Waals surface area contributed by atoms with E-state index >= 15 is 0 Å². The highest BCUT2D eigenvalue weighted by atomic mass is 32.2. The van der Waals surface area contributed by atoms with E-state index in [0.29, 0.717) is 18.2 Å². The largest absolute Gasteiger partial charge is 0.325 e. The molecule has 1 aromatic heterocycles. The summed E-state index contributed by atoms with van der Waals surface area (Å²) in [6.07, 6.45) is 4.53. The maximum absolute atomic E-state index is 12.1. The molecule has 0 radical (unpaired) electrons. The highest BCUT2D eigenvalue weighted by Gasteiger charge is 2.17. The van der Waals surface area contributed by atoms with Crippen LogP contribution < -0.4 is 10.5 Å². The van der Waals surface area contributed by atoms with Crippen LogP contribution in [-0.2, 0) is 16.6 Å². The van der Waals surface area contributed by atoms with Crippen molar-refractivity contribution in [3.05, 3.63) is 24.0 Å². The summed E-state index contributed by atoms with van der Waals surface area (Å²) in [5.41, 5.74) is 5.90. The summed E-state index contributed by atoms with van der Waals surface area (Å²) in [6, 6.07) is 3.14. The third-order valence-corrected chi connectivity index (χ3v) is 4.37. The molecule has 0 atom stereocenters. The van der Waals surface area contributed by atoms with Crippen LogP contribution in [0, 0.1) is 5.92 Å². The summed E-state index contributed by atoms with van der Waals surface area (Å²) in [7, 11) is -3.50. The van der Waals surface area contributed by atoms with Gasteiger partial charge in [0.25, 0.3) is 0 Å². The topological polar surface area (TPSA) is 85.1 Å². The molecule has 19 heavy (non-hydrogen) atoms. The molecule has 1 aromatic rings. The van der Waals surface area contributed by atoms with E-state index in [1.807, 2.05) is 0 Å². The van der Waals surface area contributed by atoms with Gasteiger partial charge in [0.1, 0.15) is 4.90 Å². The highest BCUT2D eigenvalue weighted by molar-refractivity contribution is 7.89. The zero-order chi connectivity index (χ0) is 14.3. The standard InChI is InChI=1S/C13H23N3O2S/c1-11(2)6-3-4-9-16-19(17,18)13-7-5-8-15-12(13)10-14/h5,7-8,11,16H,3-4,6,9-10,14H2,1-2H3. The van der Waals surface area contributed by atoms with E-state index in [0.717, 1.165) is 19.3 Å². The molecular formula is C13H23N3O2S. The van der Waals surface area contributed by atoms with E-state index in [1.54, 1.807) is 12.3 Å². The number of hydrogen-bond acceptors (Lipinski definition) is 4. The van der Waals surface area contributed by atoms with Crippen molar-refractivity contribution in [3.8, 4) is 0 Å². The van der Waals surface area contributed by atoms with E-state index < -0.39 is 10.0 Å². The molecule has 0 saturated carbocycles. The second kappa shape index (κ2) is 7.57. The van der Waals surface area contributed by atoms with Gasteiger partial charge in [0.05, 0.1) is 5.69 Å². The van der Waals surface area contributed by atoms with Crippen LogP contribution in [-0.4, -0.2) is 19.9 Å². The van der Waals surface area contributed by atoms with E-state index in [9.17, 15) is 8.42 Å². The number of nitrogens with zero attached hydrogens (tertiary/aromatic N) is 1. The smallest absolute Gasteiger partial charge is 0.242 e. The van der Waals surface area contributed by atoms with Gasteiger partial charge in [-0.1, -0.05) is 26.7 Å². The second-order valence-corrected chi connectivity index (χ2v) is 6.68. The zero-order valence-corrected chi connectivity index (χ0v) is 12.4. The summed E-state index contributed by atoms with van der Waals surface area (Å²) >= 11 is 0. The van der Waals surface area contributed by atoms with Crippen molar-refractivity contribution in [2.24, 2.45) is 11.7 Å².